The molecule has 0 bridgehead atoms. The van der Waals surface area contributed by atoms with Crippen LogP contribution < -0.4 is 9.47 Å². The van der Waals surface area contributed by atoms with E-state index >= 15 is 0 Å². The van der Waals surface area contributed by atoms with E-state index < -0.39 is 10.0 Å². The Morgan fingerprint density at radius 2 is 1.56 bits per heavy atom. The standard InChI is InChI=1S/C24H28N2O5S/c27-24(18-6-9-20(10-7-18)32(28,29)25-12-2-1-3-13-25)26-14-4-5-21(26)19-8-11-22-23(17-19)31-16-15-30-22/h6-11,17,21H,1-5,12-16H2/t21-/m0/s1. The van der Waals surface area contributed by atoms with E-state index in [0.29, 0.717) is 38.4 Å². The van der Waals surface area contributed by atoms with Gasteiger partial charge in [-0.05, 0) is 67.6 Å². The minimum atomic E-state index is -3.50. The van der Waals surface area contributed by atoms with Gasteiger partial charge in [0.1, 0.15) is 13.2 Å². The highest BCUT2D eigenvalue weighted by Gasteiger charge is 2.32. The van der Waals surface area contributed by atoms with E-state index in [1.165, 1.54) is 0 Å². The SMILES string of the molecule is O=C(c1ccc(S(=O)(=O)N2CCCCC2)cc1)N1CCC[C@H]1c1ccc2c(c1)OCCO2. The second-order valence-corrected chi connectivity index (χ2v) is 10.5. The largest absolute Gasteiger partial charge is 0.486 e. The molecule has 32 heavy (non-hydrogen) atoms. The summed E-state index contributed by atoms with van der Waals surface area (Å²) in [4.78, 5) is 15.4. The van der Waals surface area contributed by atoms with Crippen LogP contribution in [-0.4, -0.2) is 56.4 Å². The summed E-state index contributed by atoms with van der Waals surface area (Å²) in [5, 5.41) is 0. The Morgan fingerprint density at radius 1 is 0.844 bits per heavy atom. The monoisotopic (exact) mass is 456 g/mol. The molecule has 0 aromatic heterocycles. The highest BCUT2D eigenvalue weighted by atomic mass is 32.2. The van der Waals surface area contributed by atoms with Gasteiger partial charge < -0.3 is 14.4 Å². The van der Waals surface area contributed by atoms with Crippen LogP contribution in [0, 0.1) is 0 Å². The molecule has 5 rings (SSSR count). The molecule has 0 unspecified atom stereocenters. The number of hydrogen-bond acceptors (Lipinski definition) is 5. The zero-order valence-corrected chi connectivity index (χ0v) is 18.9. The van der Waals surface area contributed by atoms with Crippen molar-refractivity contribution in [3.8, 4) is 11.5 Å². The number of amides is 1. The third-order valence-corrected chi connectivity index (χ3v) is 8.43. The summed E-state index contributed by atoms with van der Waals surface area (Å²) in [5.74, 6) is 1.38. The van der Waals surface area contributed by atoms with E-state index in [-0.39, 0.29) is 16.8 Å². The van der Waals surface area contributed by atoms with Gasteiger partial charge in [-0.3, -0.25) is 4.79 Å². The van der Waals surface area contributed by atoms with Crippen LogP contribution in [0.4, 0.5) is 0 Å². The number of carbonyl (C=O) groups excluding carboxylic acids is 1. The van der Waals surface area contributed by atoms with Crippen molar-refractivity contribution in [1.29, 1.82) is 0 Å². The minimum Gasteiger partial charge on any atom is -0.486 e. The van der Waals surface area contributed by atoms with Crippen molar-refractivity contribution in [2.45, 2.75) is 43.0 Å². The molecule has 3 heterocycles. The average Bonchev–Trinajstić information content (AvgIpc) is 3.34. The Balaban J connectivity index is 1.34. The van der Waals surface area contributed by atoms with Crippen molar-refractivity contribution >= 4 is 15.9 Å². The molecule has 0 N–H and O–H groups in total. The summed E-state index contributed by atoms with van der Waals surface area (Å²) in [6, 6.07) is 12.2. The molecule has 0 saturated carbocycles. The maximum Gasteiger partial charge on any atom is 0.254 e. The lowest BCUT2D eigenvalue weighted by Gasteiger charge is -2.27. The second-order valence-electron chi connectivity index (χ2n) is 8.55. The molecule has 0 aliphatic carbocycles. The third-order valence-electron chi connectivity index (χ3n) is 6.52. The molecule has 8 heteroatoms. The van der Waals surface area contributed by atoms with Crippen LogP contribution in [0.2, 0.25) is 0 Å². The van der Waals surface area contributed by atoms with Crippen LogP contribution in [0.25, 0.3) is 0 Å². The molecule has 3 aliphatic rings. The van der Waals surface area contributed by atoms with Crippen LogP contribution in [-0.2, 0) is 10.0 Å². The normalized spacial score (nSPS) is 21.5. The summed E-state index contributed by atoms with van der Waals surface area (Å²) >= 11 is 0. The van der Waals surface area contributed by atoms with Gasteiger partial charge in [-0.15, -0.1) is 0 Å². The number of rotatable bonds is 4. The van der Waals surface area contributed by atoms with Crippen LogP contribution in [0.3, 0.4) is 0 Å². The smallest absolute Gasteiger partial charge is 0.254 e. The first-order chi connectivity index (χ1) is 15.5. The molecule has 0 spiro atoms. The van der Waals surface area contributed by atoms with Crippen molar-refractivity contribution in [3.63, 3.8) is 0 Å². The first-order valence-electron chi connectivity index (χ1n) is 11.3. The maximum atomic E-state index is 13.3. The number of sulfonamides is 1. The lowest BCUT2D eigenvalue weighted by molar-refractivity contribution is 0.0735. The fourth-order valence-corrected chi connectivity index (χ4v) is 6.33. The van der Waals surface area contributed by atoms with Gasteiger partial charge in [-0.2, -0.15) is 4.31 Å². The predicted octanol–water partition coefficient (Wildman–Crippen LogP) is 3.61. The molecule has 0 radical (unpaired) electrons. The van der Waals surface area contributed by atoms with E-state index in [1.807, 2.05) is 23.1 Å². The maximum absolute atomic E-state index is 13.3. The summed E-state index contributed by atoms with van der Waals surface area (Å²) < 4.78 is 38.6. The van der Waals surface area contributed by atoms with E-state index in [9.17, 15) is 13.2 Å². The van der Waals surface area contributed by atoms with Gasteiger partial charge in [0.25, 0.3) is 5.91 Å². The zero-order valence-electron chi connectivity index (χ0n) is 18.0. The van der Waals surface area contributed by atoms with Crippen LogP contribution >= 0.6 is 0 Å². The molecule has 2 aromatic rings. The summed E-state index contributed by atoms with van der Waals surface area (Å²) in [6.07, 6.45) is 4.66. The van der Waals surface area contributed by atoms with E-state index in [1.54, 1.807) is 28.6 Å². The van der Waals surface area contributed by atoms with E-state index in [0.717, 1.165) is 49.2 Å². The van der Waals surface area contributed by atoms with Crippen LogP contribution in [0.1, 0.15) is 54.1 Å². The molecule has 170 valence electrons. The Kier molecular flexibility index (Phi) is 5.82. The topological polar surface area (TPSA) is 76.2 Å². The second kappa shape index (κ2) is 8.75. The molecular formula is C24H28N2O5S. The lowest BCUT2D eigenvalue weighted by atomic mass is 10.0. The van der Waals surface area contributed by atoms with Crippen LogP contribution in [0.15, 0.2) is 47.4 Å². The number of benzene rings is 2. The molecule has 1 amide bonds. The molecular weight excluding hydrogens is 428 g/mol. The third kappa shape index (κ3) is 3.97. The molecule has 2 aromatic carbocycles. The highest BCUT2D eigenvalue weighted by molar-refractivity contribution is 7.89. The fraction of sp³-hybridized carbons (Fsp3) is 0.458. The van der Waals surface area contributed by atoms with Gasteiger partial charge in [0.2, 0.25) is 10.0 Å². The number of nitrogens with zero attached hydrogens (tertiary/aromatic N) is 2. The van der Waals surface area contributed by atoms with Gasteiger partial charge in [-0.1, -0.05) is 12.5 Å². The van der Waals surface area contributed by atoms with Crippen molar-refractivity contribution in [1.82, 2.24) is 9.21 Å². The first kappa shape index (κ1) is 21.3. The van der Waals surface area contributed by atoms with Crippen LogP contribution in [0.5, 0.6) is 11.5 Å². The van der Waals surface area contributed by atoms with Gasteiger partial charge >= 0.3 is 0 Å². The van der Waals surface area contributed by atoms with E-state index in [2.05, 4.69) is 0 Å². The zero-order chi connectivity index (χ0) is 22.1. The Hall–Kier alpha value is -2.58. The van der Waals surface area contributed by atoms with Gasteiger partial charge in [-0.25, -0.2) is 8.42 Å². The van der Waals surface area contributed by atoms with Gasteiger partial charge in [0.05, 0.1) is 10.9 Å². The fourth-order valence-electron chi connectivity index (χ4n) is 4.81. The van der Waals surface area contributed by atoms with Crippen molar-refractivity contribution in [2.75, 3.05) is 32.8 Å². The number of likely N-dealkylation sites (tertiary alicyclic amines) is 1. The quantitative estimate of drug-likeness (QED) is 0.703. The average molecular weight is 457 g/mol. The molecule has 2 fully saturated rings. The molecule has 1 atom stereocenters. The highest BCUT2D eigenvalue weighted by Crippen LogP contribution is 2.38. The Morgan fingerprint density at radius 3 is 2.31 bits per heavy atom. The lowest BCUT2D eigenvalue weighted by Crippen LogP contribution is -2.35. The number of ether oxygens (including phenoxy) is 2. The van der Waals surface area contributed by atoms with Crippen molar-refractivity contribution in [3.05, 3.63) is 53.6 Å². The minimum absolute atomic E-state index is 0.0323. The van der Waals surface area contributed by atoms with Crippen molar-refractivity contribution in [2.24, 2.45) is 0 Å². The number of hydrogen-bond donors (Lipinski definition) is 0. The number of fused-ring (bicyclic) bond motifs is 1. The summed E-state index contributed by atoms with van der Waals surface area (Å²) in [5.41, 5.74) is 1.54. The predicted molar refractivity (Wildman–Crippen MR) is 119 cm³/mol. The summed E-state index contributed by atoms with van der Waals surface area (Å²) in [7, 11) is -3.50. The van der Waals surface area contributed by atoms with Gasteiger partial charge in [0, 0.05) is 25.2 Å². The number of piperidine rings is 1. The Bertz CT molecular complexity index is 1090. The Labute approximate surface area is 189 Å². The van der Waals surface area contributed by atoms with E-state index in [4.69, 9.17) is 9.47 Å². The molecule has 2 saturated heterocycles. The first-order valence-corrected chi connectivity index (χ1v) is 12.8. The molecule has 7 nitrogen and oxygen atoms in total. The molecule has 3 aliphatic heterocycles. The number of carbonyl (C=O) groups is 1. The van der Waals surface area contributed by atoms with Gasteiger partial charge in [0.15, 0.2) is 11.5 Å². The van der Waals surface area contributed by atoms with Crippen molar-refractivity contribution < 1.29 is 22.7 Å². The summed E-state index contributed by atoms with van der Waals surface area (Å²) in [6.45, 7) is 2.87.